The first-order chi connectivity index (χ1) is 8.47. The van der Waals surface area contributed by atoms with E-state index in [9.17, 15) is 9.59 Å². The number of carbonyl (C=O) groups excluding carboxylic acids is 2. The van der Waals surface area contributed by atoms with Crippen molar-refractivity contribution >= 4 is 11.9 Å². The van der Waals surface area contributed by atoms with Crippen LogP contribution in [0.15, 0.2) is 0 Å². The molecule has 0 saturated heterocycles. The zero-order chi connectivity index (χ0) is 14.1. The van der Waals surface area contributed by atoms with Crippen LogP contribution in [0.3, 0.4) is 0 Å². The predicted octanol–water partition coefficient (Wildman–Crippen LogP) is 0.300. The van der Waals surface area contributed by atoms with E-state index < -0.39 is 12.1 Å². The molecule has 6 heteroatoms. The molecule has 0 aromatic rings. The van der Waals surface area contributed by atoms with Gasteiger partial charge in [0.15, 0.2) is 0 Å². The molecule has 0 bridgehead atoms. The maximum Gasteiger partial charge on any atom is 0.312 e. The zero-order valence-corrected chi connectivity index (χ0v) is 11.5. The molecule has 0 aromatic heterocycles. The molecule has 4 N–H and O–H groups in total. The molecule has 0 aromatic carbocycles. The second-order valence-electron chi connectivity index (χ2n) is 4.37. The van der Waals surface area contributed by atoms with Crippen molar-refractivity contribution in [3.05, 3.63) is 0 Å². The minimum absolute atomic E-state index is 0.0215. The van der Waals surface area contributed by atoms with Crippen molar-refractivity contribution in [1.29, 1.82) is 0 Å². The number of aliphatic hydroxyl groups is 1. The minimum atomic E-state index is -0.688. The number of likely N-dealkylation sites (N-methyl/N-ethyl adjacent to an activating group) is 1. The Kier molecular flexibility index (Phi) is 8.11. The first-order valence-corrected chi connectivity index (χ1v) is 6.43. The molecule has 18 heavy (non-hydrogen) atoms. The molecule has 0 heterocycles. The summed E-state index contributed by atoms with van der Waals surface area (Å²) in [5, 5.41) is 11.3. The quantitative estimate of drug-likeness (QED) is 0.585. The molecule has 0 aliphatic rings. The molecule has 3 amide bonds. The summed E-state index contributed by atoms with van der Waals surface area (Å²) in [6.45, 7) is 6.80. The lowest BCUT2D eigenvalue weighted by molar-refractivity contribution is -0.134. The predicted molar refractivity (Wildman–Crippen MR) is 69.9 cm³/mol. The fourth-order valence-electron chi connectivity index (χ4n) is 1.72. The molecule has 2 atom stereocenters. The van der Waals surface area contributed by atoms with Crippen LogP contribution in [0.1, 0.15) is 33.6 Å². The second kappa shape index (κ2) is 8.74. The summed E-state index contributed by atoms with van der Waals surface area (Å²) in [5.41, 5.74) is 5.10. The van der Waals surface area contributed by atoms with E-state index in [-0.39, 0.29) is 18.4 Å². The SMILES string of the molecule is CCC(C)C(NC(N)=O)C(=O)N(CC)CCCO. The van der Waals surface area contributed by atoms with Gasteiger partial charge < -0.3 is 21.1 Å². The lowest BCUT2D eigenvalue weighted by Crippen LogP contribution is -2.53. The minimum Gasteiger partial charge on any atom is -0.396 e. The number of urea groups is 1. The molecule has 0 spiro atoms. The largest absolute Gasteiger partial charge is 0.396 e. The van der Waals surface area contributed by atoms with E-state index in [4.69, 9.17) is 10.8 Å². The van der Waals surface area contributed by atoms with Crippen LogP contribution in [0.5, 0.6) is 0 Å². The number of rotatable bonds is 8. The van der Waals surface area contributed by atoms with Crippen molar-refractivity contribution < 1.29 is 14.7 Å². The first-order valence-electron chi connectivity index (χ1n) is 6.43. The number of nitrogens with zero attached hydrogens (tertiary/aromatic N) is 1. The number of hydrogen-bond donors (Lipinski definition) is 3. The molecule has 6 nitrogen and oxygen atoms in total. The lowest BCUT2D eigenvalue weighted by atomic mass is 9.98. The van der Waals surface area contributed by atoms with Gasteiger partial charge in [0.2, 0.25) is 5.91 Å². The van der Waals surface area contributed by atoms with Gasteiger partial charge in [-0.15, -0.1) is 0 Å². The van der Waals surface area contributed by atoms with Gasteiger partial charge in [0.1, 0.15) is 6.04 Å². The smallest absolute Gasteiger partial charge is 0.312 e. The molecule has 0 saturated carbocycles. The van der Waals surface area contributed by atoms with Crippen molar-refractivity contribution in [1.82, 2.24) is 10.2 Å². The fraction of sp³-hybridized carbons (Fsp3) is 0.833. The molecule has 0 rings (SSSR count). The van der Waals surface area contributed by atoms with E-state index in [1.54, 1.807) is 4.90 Å². The Balaban J connectivity index is 4.73. The lowest BCUT2D eigenvalue weighted by Gasteiger charge is -2.29. The Hall–Kier alpha value is -1.30. The highest BCUT2D eigenvalue weighted by Gasteiger charge is 2.28. The summed E-state index contributed by atoms with van der Waals surface area (Å²) in [4.78, 5) is 24.9. The van der Waals surface area contributed by atoms with Gasteiger partial charge in [-0.05, 0) is 19.3 Å². The van der Waals surface area contributed by atoms with Crippen molar-refractivity contribution in [2.45, 2.75) is 39.7 Å². The Morgan fingerprint density at radius 1 is 1.39 bits per heavy atom. The summed E-state index contributed by atoms with van der Waals surface area (Å²) < 4.78 is 0. The average Bonchev–Trinajstić information content (AvgIpc) is 2.35. The topological polar surface area (TPSA) is 95.7 Å². The number of carbonyl (C=O) groups is 2. The average molecular weight is 259 g/mol. The number of nitrogens with one attached hydrogen (secondary N) is 1. The van der Waals surface area contributed by atoms with E-state index in [0.29, 0.717) is 19.5 Å². The van der Waals surface area contributed by atoms with E-state index in [1.807, 2.05) is 20.8 Å². The van der Waals surface area contributed by atoms with Gasteiger partial charge in [-0.2, -0.15) is 0 Å². The Bertz CT molecular complexity index is 271. The highest BCUT2D eigenvalue weighted by Crippen LogP contribution is 2.11. The zero-order valence-electron chi connectivity index (χ0n) is 11.5. The van der Waals surface area contributed by atoms with Crippen LogP contribution in [-0.4, -0.2) is 47.7 Å². The molecule has 2 unspecified atom stereocenters. The van der Waals surface area contributed by atoms with Crippen LogP contribution in [0.2, 0.25) is 0 Å². The number of aliphatic hydroxyl groups excluding tert-OH is 1. The number of hydrogen-bond acceptors (Lipinski definition) is 3. The van der Waals surface area contributed by atoms with E-state index in [1.165, 1.54) is 0 Å². The van der Waals surface area contributed by atoms with E-state index in [2.05, 4.69) is 5.32 Å². The number of primary amides is 1. The van der Waals surface area contributed by atoms with Crippen LogP contribution in [0.25, 0.3) is 0 Å². The third kappa shape index (κ3) is 5.35. The standard InChI is InChI=1S/C12H25N3O3/c1-4-9(3)10(14-12(13)18)11(17)15(5-2)7-6-8-16/h9-10,16H,4-8H2,1-3H3,(H3,13,14,18). The normalized spacial score (nSPS) is 13.8. The van der Waals surface area contributed by atoms with Gasteiger partial charge >= 0.3 is 6.03 Å². The molecule has 0 fully saturated rings. The van der Waals surface area contributed by atoms with Gasteiger partial charge in [0, 0.05) is 19.7 Å². The molecule has 106 valence electrons. The van der Waals surface area contributed by atoms with Crippen molar-refractivity contribution in [3.63, 3.8) is 0 Å². The van der Waals surface area contributed by atoms with Gasteiger partial charge in [-0.25, -0.2) is 4.79 Å². The molecular formula is C12H25N3O3. The first kappa shape index (κ1) is 16.7. The molecule has 0 aliphatic heterocycles. The second-order valence-corrected chi connectivity index (χ2v) is 4.37. The Morgan fingerprint density at radius 3 is 2.39 bits per heavy atom. The summed E-state index contributed by atoms with van der Waals surface area (Å²) in [6, 6.07) is -1.28. The molecule has 0 radical (unpaired) electrons. The third-order valence-electron chi connectivity index (χ3n) is 3.06. The highest BCUT2D eigenvalue weighted by atomic mass is 16.3. The van der Waals surface area contributed by atoms with Crippen molar-refractivity contribution in [2.24, 2.45) is 11.7 Å². The van der Waals surface area contributed by atoms with Crippen LogP contribution in [0, 0.1) is 5.92 Å². The fourth-order valence-corrected chi connectivity index (χ4v) is 1.72. The summed E-state index contributed by atoms with van der Waals surface area (Å²) in [6.07, 6.45) is 1.30. The van der Waals surface area contributed by atoms with Gasteiger partial charge in [0.05, 0.1) is 0 Å². The van der Waals surface area contributed by atoms with Crippen molar-refractivity contribution in [3.8, 4) is 0 Å². The maximum absolute atomic E-state index is 12.3. The summed E-state index contributed by atoms with van der Waals surface area (Å²) >= 11 is 0. The number of nitrogens with two attached hydrogens (primary N) is 1. The van der Waals surface area contributed by atoms with Crippen LogP contribution in [-0.2, 0) is 4.79 Å². The van der Waals surface area contributed by atoms with E-state index >= 15 is 0 Å². The van der Waals surface area contributed by atoms with Crippen LogP contribution >= 0.6 is 0 Å². The molecular weight excluding hydrogens is 234 g/mol. The third-order valence-corrected chi connectivity index (χ3v) is 3.06. The van der Waals surface area contributed by atoms with E-state index in [0.717, 1.165) is 6.42 Å². The van der Waals surface area contributed by atoms with Gasteiger partial charge in [-0.1, -0.05) is 20.3 Å². The van der Waals surface area contributed by atoms with Crippen molar-refractivity contribution in [2.75, 3.05) is 19.7 Å². The monoisotopic (exact) mass is 259 g/mol. The van der Waals surface area contributed by atoms with Gasteiger partial charge in [-0.3, -0.25) is 4.79 Å². The Morgan fingerprint density at radius 2 is 2.00 bits per heavy atom. The maximum atomic E-state index is 12.3. The molecule has 0 aliphatic carbocycles. The van der Waals surface area contributed by atoms with Crippen LogP contribution in [0.4, 0.5) is 4.79 Å². The summed E-state index contributed by atoms with van der Waals surface area (Å²) in [7, 11) is 0. The number of amides is 3. The highest BCUT2D eigenvalue weighted by molar-refractivity contribution is 5.86. The Labute approximate surface area is 109 Å². The van der Waals surface area contributed by atoms with Gasteiger partial charge in [0.25, 0.3) is 0 Å². The summed E-state index contributed by atoms with van der Waals surface area (Å²) in [5.74, 6) is -0.118. The van der Waals surface area contributed by atoms with Crippen LogP contribution < -0.4 is 11.1 Å².